The molecular formula is C66H44N2O4. The maximum Gasteiger partial charge on any atom is 0.143 e. The maximum atomic E-state index is 6.87. The lowest BCUT2D eigenvalue weighted by Gasteiger charge is -2.26. The van der Waals surface area contributed by atoms with Gasteiger partial charge in [-0.25, -0.2) is 0 Å². The van der Waals surface area contributed by atoms with E-state index in [-0.39, 0.29) is 0 Å². The van der Waals surface area contributed by atoms with Gasteiger partial charge in [0.05, 0.1) is 0 Å². The molecule has 0 aliphatic heterocycles. The third-order valence-corrected chi connectivity index (χ3v) is 14.7. The molecule has 0 bridgehead atoms. The highest BCUT2D eigenvalue weighted by molar-refractivity contribution is 6.30. The van der Waals surface area contributed by atoms with E-state index in [9.17, 15) is 0 Å². The van der Waals surface area contributed by atoms with Gasteiger partial charge >= 0.3 is 0 Å². The van der Waals surface area contributed by atoms with Gasteiger partial charge in [0.25, 0.3) is 0 Å². The lowest BCUT2D eigenvalue weighted by molar-refractivity contribution is 0.666. The zero-order valence-electron chi connectivity index (χ0n) is 40.0. The predicted molar refractivity (Wildman–Crippen MR) is 299 cm³/mol. The molecule has 0 aliphatic rings. The van der Waals surface area contributed by atoms with Crippen molar-refractivity contribution in [1.29, 1.82) is 0 Å². The average molecular weight is 929 g/mol. The zero-order chi connectivity index (χ0) is 47.9. The van der Waals surface area contributed by atoms with Crippen molar-refractivity contribution in [2.75, 3.05) is 9.80 Å². The molecule has 15 rings (SSSR count). The lowest BCUT2D eigenvalue weighted by atomic mass is 10.00. The molecule has 0 radical (unpaired) electrons. The number of para-hydroxylation sites is 2. The van der Waals surface area contributed by atoms with Gasteiger partial charge in [-0.2, -0.15) is 0 Å². The Bertz CT molecular complexity index is 4430. The van der Waals surface area contributed by atoms with Crippen LogP contribution in [-0.2, 0) is 0 Å². The molecule has 4 aromatic heterocycles. The van der Waals surface area contributed by atoms with Gasteiger partial charge in [0, 0.05) is 88.0 Å². The van der Waals surface area contributed by atoms with Gasteiger partial charge in [0.2, 0.25) is 0 Å². The van der Waals surface area contributed by atoms with E-state index < -0.39 is 0 Å². The van der Waals surface area contributed by atoms with E-state index in [0.29, 0.717) is 0 Å². The summed E-state index contributed by atoms with van der Waals surface area (Å²) < 4.78 is 26.2. The zero-order valence-corrected chi connectivity index (χ0v) is 40.0. The van der Waals surface area contributed by atoms with Crippen LogP contribution in [-0.4, -0.2) is 0 Å². The fourth-order valence-corrected chi connectivity index (χ4v) is 11.7. The summed E-state index contributed by atoms with van der Waals surface area (Å²) in [5.74, 6) is 0. The van der Waals surface area contributed by atoms with Crippen LogP contribution in [0.5, 0.6) is 0 Å². The fourth-order valence-electron chi connectivity index (χ4n) is 11.7. The number of hydrogen-bond donors (Lipinski definition) is 0. The number of aryl methyl sites for hydroxylation is 4. The quantitative estimate of drug-likeness (QED) is 0.166. The van der Waals surface area contributed by atoms with Gasteiger partial charge in [0.1, 0.15) is 44.7 Å². The van der Waals surface area contributed by atoms with Gasteiger partial charge in [-0.15, -0.1) is 0 Å². The largest absolute Gasteiger partial charge is 0.456 e. The van der Waals surface area contributed by atoms with Crippen LogP contribution in [0, 0.1) is 27.7 Å². The molecule has 11 aromatic carbocycles. The first-order valence-corrected chi connectivity index (χ1v) is 24.5. The van der Waals surface area contributed by atoms with Gasteiger partial charge in [-0.3, -0.25) is 0 Å². The summed E-state index contributed by atoms with van der Waals surface area (Å²) >= 11 is 0. The van der Waals surface area contributed by atoms with Crippen LogP contribution in [0.15, 0.2) is 212 Å². The number of nitrogens with zero attached hydrogens (tertiary/aromatic N) is 2. The number of rotatable bonds is 6. The maximum absolute atomic E-state index is 6.87. The van der Waals surface area contributed by atoms with E-state index >= 15 is 0 Å². The first-order chi connectivity index (χ1) is 35.3. The monoisotopic (exact) mass is 928 g/mol. The van der Waals surface area contributed by atoms with Crippen molar-refractivity contribution in [3.8, 4) is 0 Å². The van der Waals surface area contributed by atoms with Crippen molar-refractivity contribution in [3.05, 3.63) is 216 Å². The highest BCUT2D eigenvalue weighted by Gasteiger charge is 2.23. The second-order valence-electron chi connectivity index (χ2n) is 19.6. The second kappa shape index (κ2) is 15.1. The Morgan fingerprint density at radius 3 is 1.06 bits per heavy atom. The second-order valence-corrected chi connectivity index (χ2v) is 19.6. The molecule has 0 amide bonds. The standard InChI is InChI=1S/C66H44N2O4/c1-37-27-38(2)30-47(29-37)67(45-17-23-59-55(35-45)51-9-5-7-11-57(51)69-59)43-15-21-49-41(33-43)13-19-53-63-61(71-65(49)53)25-26-62-64(63)54-20-14-42-34-44(16-22-50(42)66(54)72-62)68(48-31-39(3)28-40(4)32-48)46-18-24-60-56(36-46)52-10-6-8-12-58(52)70-60/h5-36H,1-4H3. The molecule has 0 aliphatic carbocycles. The summed E-state index contributed by atoms with van der Waals surface area (Å²) in [5, 5.41) is 12.9. The van der Waals surface area contributed by atoms with Crippen LogP contribution >= 0.6 is 0 Å². The molecule has 6 nitrogen and oxygen atoms in total. The smallest absolute Gasteiger partial charge is 0.143 e. The fraction of sp³-hybridized carbons (Fsp3) is 0.0606. The number of furan rings is 4. The molecular weight excluding hydrogens is 885 g/mol. The summed E-state index contributed by atoms with van der Waals surface area (Å²) in [6.07, 6.45) is 0. The SMILES string of the molecule is Cc1cc(C)cc(N(c2ccc3c(ccc4c3oc3ccc5oc6c7ccc(N(c8cc(C)cc(C)c8)c8ccc9oc%10ccccc%10c9c8)cc7ccc6c5c34)c2)c2ccc3oc4ccccc4c3c2)c1. The Balaban J connectivity index is 0.859. The van der Waals surface area contributed by atoms with Crippen molar-refractivity contribution < 1.29 is 17.7 Å². The molecule has 342 valence electrons. The summed E-state index contributed by atoms with van der Waals surface area (Å²) in [7, 11) is 0. The van der Waals surface area contributed by atoms with E-state index in [0.717, 1.165) is 143 Å². The topological polar surface area (TPSA) is 59.0 Å². The predicted octanol–water partition coefficient (Wildman–Crippen LogP) is 19.8. The molecule has 0 saturated carbocycles. The third-order valence-electron chi connectivity index (χ3n) is 14.7. The van der Waals surface area contributed by atoms with Gasteiger partial charge in [0.15, 0.2) is 0 Å². The van der Waals surface area contributed by atoms with Crippen molar-refractivity contribution >= 4 is 143 Å². The van der Waals surface area contributed by atoms with Crippen molar-refractivity contribution in [2.45, 2.75) is 27.7 Å². The summed E-state index contributed by atoms with van der Waals surface area (Å²) in [4.78, 5) is 4.70. The van der Waals surface area contributed by atoms with Crippen molar-refractivity contribution in [3.63, 3.8) is 0 Å². The lowest BCUT2D eigenvalue weighted by Crippen LogP contribution is -2.10. The van der Waals surface area contributed by atoms with E-state index in [4.69, 9.17) is 17.7 Å². The Hall–Kier alpha value is -9.26. The van der Waals surface area contributed by atoms with E-state index in [1.165, 1.54) is 22.3 Å². The molecule has 0 saturated heterocycles. The number of fused-ring (bicyclic) bond motifs is 17. The van der Waals surface area contributed by atoms with Gasteiger partial charge in [-0.05, 0) is 194 Å². The van der Waals surface area contributed by atoms with E-state index in [1.807, 2.05) is 24.3 Å². The number of anilines is 6. The van der Waals surface area contributed by atoms with Crippen LogP contribution in [0.4, 0.5) is 34.1 Å². The van der Waals surface area contributed by atoms with E-state index in [1.54, 1.807) is 0 Å². The summed E-state index contributed by atoms with van der Waals surface area (Å²) in [6, 6.07) is 69.4. The molecule has 15 aromatic rings. The van der Waals surface area contributed by atoms with Crippen LogP contribution in [0.1, 0.15) is 22.3 Å². The Morgan fingerprint density at radius 1 is 0.250 bits per heavy atom. The number of hydrogen-bond acceptors (Lipinski definition) is 6. The van der Waals surface area contributed by atoms with Crippen molar-refractivity contribution in [1.82, 2.24) is 0 Å². The molecule has 0 spiro atoms. The molecule has 0 unspecified atom stereocenters. The van der Waals surface area contributed by atoms with Gasteiger partial charge in [-0.1, -0.05) is 60.7 Å². The highest BCUT2D eigenvalue weighted by Crippen LogP contribution is 2.47. The third kappa shape index (κ3) is 6.15. The molecule has 4 heterocycles. The molecule has 0 atom stereocenters. The Kier molecular flexibility index (Phi) is 8.53. The molecule has 6 heteroatoms. The summed E-state index contributed by atoms with van der Waals surface area (Å²) in [6.45, 7) is 8.64. The van der Waals surface area contributed by atoms with E-state index in [2.05, 4.69) is 207 Å². The highest BCUT2D eigenvalue weighted by atomic mass is 16.3. The molecule has 72 heavy (non-hydrogen) atoms. The summed E-state index contributed by atoms with van der Waals surface area (Å²) in [5.41, 5.74) is 18.1. The Morgan fingerprint density at radius 2 is 0.611 bits per heavy atom. The first-order valence-electron chi connectivity index (χ1n) is 24.5. The van der Waals surface area contributed by atoms with Crippen molar-refractivity contribution in [2.24, 2.45) is 0 Å². The van der Waals surface area contributed by atoms with Crippen LogP contribution in [0.3, 0.4) is 0 Å². The van der Waals surface area contributed by atoms with Crippen LogP contribution in [0.25, 0.3) is 109 Å². The number of benzene rings is 11. The van der Waals surface area contributed by atoms with Crippen LogP contribution in [0.2, 0.25) is 0 Å². The minimum absolute atomic E-state index is 0.830. The first kappa shape index (κ1) is 40.6. The average Bonchev–Trinajstić information content (AvgIpc) is 4.16. The normalized spacial score (nSPS) is 12.2. The molecule has 0 N–H and O–H groups in total. The van der Waals surface area contributed by atoms with Gasteiger partial charge < -0.3 is 27.5 Å². The Labute approximate surface area is 413 Å². The van der Waals surface area contributed by atoms with Crippen LogP contribution < -0.4 is 9.80 Å². The molecule has 0 fully saturated rings. The minimum Gasteiger partial charge on any atom is -0.456 e. The minimum atomic E-state index is 0.830.